The van der Waals surface area contributed by atoms with Crippen molar-refractivity contribution in [1.29, 1.82) is 0 Å². The maximum Gasteiger partial charge on any atom is 0.408 e. The summed E-state index contributed by atoms with van der Waals surface area (Å²) in [5.74, 6) is -0.792. The minimum atomic E-state index is -1.08. The number of aliphatic hydroxyl groups is 1. The van der Waals surface area contributed by atoms with Crippen molar-refractivity contribution in [3.63, 3.8) is 0 Å². The van der Waals surface area contributed by atoms with Crippen LogP contribution in [-0.2, 0) is 9.53 Å². The van der Waals surface area contributed by atoms with Gasteiger partial charge in [-0.25, -0.2) is 9.59 Å². The van der Waals surface area contributed by atoms with Crippen molar-refractivity contribution in [2.75, 3.05) is 0 Å². The lowest BCUT2D eigenvalue weighted by Gasteiger charge is -2.66. The zero-order valence-corrected chi connectivity index (χ0v) is 13.2. The summed E-state index contributed by atoms with van der Waals surface area (Å²) in [7, 11) is 0. The molecule has 3 unspecified atom stereocenters. The quantitative estimate of drug-likeness (QED) is 0.691. The topological polar surface area (TPSA) is 95.9 Å². The van der Waals surface area contributed by atoms with Crippen LogP contribution in [0.15, 0.2) is 11.6 Å². The molecule has 0 aromatic heterocycles. The van der Waals surface area contributed by atoms with E-state index in [-0.39, 0.29) is 0 Å². The normalized spacial score (nSPS) is 36.9. The van der Waals surface area contributed by atoms with Gasteiger partial charge in [-0.1, -0.05) is 6.08 Å². The first-order valence-corrected chi connectivity index (χ1v) is 7.72. The maximum atomic E-state index is 12.0. The van der Waals surface area contributed by atoms with Crippen molar-refractivity contribution in [2.24, 2.45) is 11.3 Å². The SMILES string of the molecule is CC(C)(C)OC(=O)N[C@H](C(=O)O)C12CC3CC=C1C(O)(C3)C2. The number of ether oxygens (including phenoxy) is 1. The van der Waals surface area contributed by atoms with Crippen LogP contribution in [0, 0.1) is 11.3 Å². The van der Waals surface area contributed by atoms with Gasteiger partial charge in [0.1, 0.15) is 11.6 Å². The van der Waals surface area contributed by atoms with Crippen LogP contribution in [0.4, 0.5) is 4.79 Å². The lowest BCUT2D eigenvalue weighted by atomic mass is 9.40. The van der Waals surface area contributed by atoms with E-state index in [2.05, 4.69) is 5.32 Å². The van der Waals surface area contributed by atoms with E-state index in [0.29, 0.717) is 25.2 Å². The minimum Gasteiger partial charge on any atom is -0.480 e. The molecule has 2 fully saturated rings. The first kappa shape index (κ1) is 15.3. The number of rotatable bonds is 3. The number of carboxylic acid groups (broad SMARTS) is 1. The number of alkyl carbamates (subject to hydrolysis) is 1. The summed E-state index contributed by atoms with van der Waals surface area (Å²) < 4.78 is 5.18. The molecular weight excluding hydrogens is 286 g/mol. The van der Waals surface area contributed by atoms with Crippen LogP contribution in [0.2, 0.25) is 0 Å². The molecule has 0 saturated heterocycles. The number of carboxylic acids is 1. The average Bonchev–Trinajstić information content (AvgIpc) is 2.32. The second kappa shape index (κ2) is 4.47. The number of nitrogens with one attached hydrogen (secondary N) is 1. The van der Waals surface area contributed by atoms with Crippen molar-refractivity contribution >= 4 is 12.1 Å². The van der Waals surface area contributed by atoms with Crippen LogP contribution in [0.25, 0.3) is 0 Å². The van der Waals surface area contributed by atoms with Crippen molar-refractivity contribution in [3.8, 4) is 0 Å². The highest BCUT2D eigenvalue weighted by Gasteiger charge is 2.69. The zero-order chi connectivity index (χ0) is 16.3. The standard InChI is InChI=1S/C16H23NO5/c1-14(2,3)22-13(20)17-11(12(18)19)15-6-9-4-5-10(15)16(21,7-9)8-15/h5,9,11,21H,4,6-8H2,1-3H3,(H,17,20)(H,18,19)/t9?,11-,15?,16?/m1/s1. The van der Waals surface area contributed by atoms with Gasteiger partial charge in [-0.15, -0.1) is 0 Å². The number of hydrogen-bond acceptors (Lipinski definition) is 4. The number of hydrogen-bond donors (Lipinski definition) is 3. The summed E-state index contributed by atoms with van der Waals surface area (Å²) in [6.45, 7) is 5.19. The van der Waals surface area contributed by atoms with E-state index in [1.54, 1.807) is 20.8 Å². The van der Waals surface area contributed by atoms with Crippen LogP contribution in [0.5, 0.6) is 0 Å². The van der Waals surface area contributed by atoms with Crippen molar-refractivity contribution in [2.45, 2.75) is 63.7 Å². The average molecular weight is 309 g/mol. The molecule has 4 bridgehead atoms. The Labute approximate surface area is 129 Å². The number of carbonyl (C=O) groups excluding carboxylic acids is 1. The Morgan fingerprint density at radius 2 is 2.09 bits per heavy atom. The molecule has 0 radical (unpaired) electrons. The first-order chi connectivity index (χ1) is 10.1. The monoisotopic (exact) mass is 309 g/mol. The molecule has 0 aromatic carbocycles. The molecule has 4 rings (SSSR count). The molecular formula is C16H23NO5. The molecule has 2 saturated carbocycles. The smallest absolute Gasteiger partial charge is 0.408 e. The molecule has 0 aromatic rings. The van der Waals surface area contributed by atoms with E-state index < -0.39 is 34.7 Å². The summed E-state index contributed by atoms with van der Waals surface area (Å²) in [6, 6.07) is -1.06. The van der Waals surface area contributed by atoms with E-state index >= 15 is 0 Å². The lowest BCUT2D eigenvalue weighted by Crippen LogP contribution is -2.70. The fraction of sp³-hybridized carbons (Fsp3) is 0.750. The van der Waals surface area contributed by atoms with Crippen molar-refractivity contribution in [3.05, 3.63) is 11.6 Å². The summed E-state index contributed by atoms with van der Waals surface area (Å²) in [5.41, 5.74) is -1.40. The lowest BCUT2D eigenvalue weighted by molar-refractivity contribution is -0.164. The maximum absolute atomic E-state index is 12.0. The Hall–Kier alpha value is -1.56. The highest BCUT2D eigenvalue weighted by molar-refractivity contribution is 5.82. The molecule has 0 spiro atoms. The van der Waals surface area contributed by atoms with Gasteiger partial charge in [-0.2, -0.15) is 0 Å². The molecule has 6 heteroatoms. The minimum absolute atomic E-state index is 0.290. The molecule has 4 aliphatic rings. The number of allylic oxidation sites excluding steroid dienone is 1. The van der Waals surface area contributed by atoms with E-state index in [4.69, 9.17) is 4.74 Å². The Bertz CT molecular complexity index is 563. The van der Waals surface area contributed by atoms with Gasteiger partial charge in [-0.3, -0.25) is 0 Å². The highest BCUT2D eigenvalue weighted by atomic mass is 16.6. The molecule has 3 N–H and O–H groups in total. The van der Waals surface area contributed by atoms with Crippen molar-refractivity contribution in [1.82, 2.24) is 5.32 Å². The van der Waals surface area contributed by atoms with Crippen molar-refractivity contribution < 1.29 is 24.5 Å². The van der Waals surface area contributed by atoms with Crippen LogP contribution in [0.3, 0.4) is 0 Å². The molecule has 6 nitrogen and oxygen atoms in total. The summed E-state index contributed by atoms with van der Waals surface area (Å²) >= 11 is 0. The molecule has 22 heavy (non-hydrogen) atoms. The Kier molecular flexibility index (Phi) is 3.12. The van der Waals surface area contributed by atoms with Gasteiger partial charge in [0, 0.05) is 5.41 Å². The molecule has 1 amide bonds. The van der Waals surface area contributed by atoms with E-state index in [1.165, 1.54) is 0 Å². The van der Waals surface area contributed by atoms with Crippen LogP contribution < -0.4 is 5.32 Å². The molecule has 122 valence electrons. The van der Waals surface area contributed by atoms with E-state index in [9.17, 15) is 19.8 Å². The van der Waals surface area contributed by atoms with Crippen LogP contribution in [-0.4, -0.2) is 39.5 Å². The number of carbonyl (C=O) groups is 2. The Balaban J connectivity index is 1.82. The largest absolute Gasteiger partial charge is 0.480 e. The number of fused-ring (bicyclic) bond motifs is 1. The third-order valence-corrected chi connectivity index (χ3v) is 5.04. The Morgan fingerprint density at radius 3 is 2.59 bits per heavy atom. The van der Waals surface area contributed by atoms with E-state index in [1.807, 2.05) is 6.08 Å². The molecule has 4 atom stereocenters. The van der Waals surface area contributed by atoms with Gasteiger partial charge in [0.2, 0.25) is 0 Å². The van der Waals surface area contributed by atoms with Crippen LogP contribution in [0.1, 0.15) is 46.5 Å². The third kappa shape index (κ3) is 2.20. The summed E-state index contributed by atoms with van der Waals surface area (Å²) in [4.78, 5) is 23.7. The predicted molar refractivity (Wildman–Crippen MR) is 78.2 cm³/mol. The molecule has 0 aliphatic heterocycles. The van der Waals surface area contributed by atoms with Gasteiger partial charge >= 0.3 is 12.1 Å². The Morgan fingerprint density at radius 1 is 1.41 bits per heavy atom. The van der Waals surface area contributed by atoms with Gasteiger partial charge < -0.3 is 20.3 Å². The fourth-order valence-electron chi connectivity index (χ4n) is 4.58. The zero-order valence-electron chi connectivity index (χ0n) is 13.2. The van der Waals surface area contributed by atoms with Crippen LogP contribution >= 0.6 is 0 Å². The highest BCUT2D eigenvalue weighted by Crippen LogP contribution is 2.68. The first-order valence-electron chi connectivity index (χ1n) is 7.72. The third-order valence-electron chi connectivity index (χ3n) is 5.04. The predicted octanol–water partition coefficient (Wildman–Crippen LogP) is 1.83. The summed E-state index contributed by atoms with van der Waals surface area (Å²) in [6.07, 6.45) is 3.93. The number of amides is 1. The fourth-order valence-corrected chi connectivity index (χ4v) is 4.58. The van der Waals surface area contributed by atoms with Gasteiger partial charge in [0.15, 0.2) is 0 Å². The second-order valence-corrected chi connectivity index (χ2v) is 7.91. The van der Waals surface area contributed by atoms with Gasteiger partial charge in [0.05, 0.1) is 5.60 Å². The van der Waals surface area contributed by atoms with Gasteiger partial charge in [-0.05, 0) is 57.9 Å². The summed E-state index contributed by atoms with van der Waals surface area (Å²) in [5, 5.41) is 22.6. The van der Waals surface area contributed by atoms with Gasteiger partial charge in [0.25, 0.3) is 0 Å². The van der Waals surface area contributed by atoms with E-state index in [0.717, 1.165) is 12.0 Å². The molecule has 0 heterocycles. The second-order valence-electron chi connectivity index (χ2n) is 7.91. The number of aliphatic carboxylic acids is 1. The molecule has 4 aliphatic carbocycles.